The Labute approximate surface area is 176 Å². The fourth-order valence-corrected chi connectivity index (χ4v) is 4.92. The van der Waals surface area contributed by atoms with Crippen molar-refractivity contribution in [1.29, 1.82) is 0 Å². The molecule has 3 aromatic rings. The number of rotatable bonds is 5. The van der Waals surface area contributed by atoms with Gasteiger partial charge in [-0.25, -0.2) is 0 Å². The van der Waals surface area contributed by atoms with Gasteiger partial charge in [-0.2, -0.15) is 17.9 Å². The smallest absolute Gasteiger partial charge is 0.279 e. The van der Waals surface area contributed by atoms with Crippen LogP contribution in [0.4, 0.5) is 0 Å². The Morgan fingerprint density at radius 3 is 2.30 bits per heavy atom. The summed E-state index contributed by atoms with van der Waals surface area (Å²) in [4.78, 5) is 0.175. The molecule has 4 rings (SSSR count). The first-order valence-corrected chi connectivity index (χ1v) is 10.9. The van der Waals surface area contributed by atoms with E-state index < -0.39 is 16.1 Å². The summed E-state index contributed by atoms with van der Waals surface area (Å²) in [6.07, 6.45) is 0.342. The van der Waals surface area contributed by atoms with Crippen molar-refractivity contribution >= 4 is 15.7 Å². The largest absolute Gasteiger partial charge is 0.507 e. The maximum atomic E-state index is 13.4. The number of hydrazone groups is 1. The Balaban J connectivity index is 1.80. The molecule has 154 valence electrons. The maximum Gasteiger partial charge on any atom is 0.279 e. The molecule has 0 aromatic heterocycles. The summed E-state index contributed by atoms with van der Waals surface area (Å²) < 4.78 is 33.3. The zero-order valence-corrected chi connectivity index (χ0v) is 17.5. The Morgan fingerprint density at radius 1 is 1.00 bits per heavy atom. The van der Waals surface area contributed by atoms with Gasteiger partial charge < -0.3 is 9.84 Å². The fraction of sp³-hybridized carbons (Fsp3) is 0.174. The van der Waals surface area contributed by atoms with Gasteiger partial charge in [0.1, 0.15) is 11.5 Å². The standard InChI is InChI=1S/C23H22N2O4S/c1-16-7-13-19(14-8-16)30(27,28)25-22(17-9-11-18(29-2)12-10-17)15-21(24-25)20-5-3-4-6-23(20)26/h3-14,22,26H,15H2,1-2H3. The molecular weight excluding hydrogens is 400 g/mol. The van der Waals surface area contributed by atoms with Gasteiger partial charge in [-0.3, -0.25) is 0 Å². The molecular formula is C23H22N2O4S. The summed E-state index contributed by atoms with van der Waals surface area (Å²) >= 11 is 0. The zero-order chi connectivity index (χ0) is 21.3. The predicted molar refractivity (Wildman–Crippen MR) is 115 cm³/mol. The molecule has 0 fully saturated rings. The van der Waals surface area contributed by atoms with E-state index in [0.717, 1.165) is 15.5 Å². The van der Waals surface area contributed by atoms with Crippen molar-refractivity contribution in [1.82, 2.24) is 4.41 Å². The van der Waals surface area contributed by atoms with Crippen molar-refractivity contribution in [3.05, 3.63) is 89.5 Å². The van der Waals surface area contributed by atoms with Crippen LogP contribution in [0.15, 0.2) is 82.8 Å². The number of benzene rings is 3. The number of hydrogen-bond acceptors (Lipinski definition) is 5. The lowest BCUT2D eigenvalue weighted by atomic mass is 9.98. The van der Waals surface area contributed by atoms with Crippen molar-refractivity contribution < 1.29 is 18.3 Å². The highest BCUT2D eigenvalue weighted by atomic mass is 32.2. The normalized spacial score (nSPS) is 16.4. The van der Waals surface area contributed by atoms with Crippen LogP contribution in [0.3, 0.4) is 0 Å². The first kappa shape index (κ1) is 20.0. The topological polar surface area (TPSA) is 79.2 Å². The van der Waals surface area contributed by atoms with Crippen LogP contribution in [0.2, 0.25) is 0 Å². The molecule has 1 unspecified atom stereocenters. The molecule has 1 atom stereocenters. The van der Waals surface area contributed by atoms with Gasteiger partial charge in [0.2, 0.25) is 0 Å². The summed E-state index contributed by atoms with van der Waals surface area (Å²) in [5, 5.41) is 14.7. The maximum absolute atomic E-state index is 13.4. The van der Waals surface area contributed by atoms with E-state index in [-0.39, 0.29) is 10.6 Å². The van der Waals surface area contributed by atoms with Gasteiger partial charge in [0.15, 0.2) is 0 Å². The van der Waals surface area contributed by atoms with E-state index in [4.69, 9.17) is 4.74 Å². The minimum Gasteiger partial charge on any atom is -0.507 e. The van der Waals surface area contributed by atoms with Crippen LogP contribution in [0.5, 0.6) is 11.5 Å². The van der Waals surface area contributed by atoms with Gasteiger partial charge in [-0.15, -0.1) is 0 Å². The van der Waals surface area contributed by atoms with Crippen molar-refractivity contribution in [3.63, 3.8) is 0 Å². The molecule has 0 saturated heterocycles. The third-order valence-corrected chi connectivity index (χ3v) is 6.85. The summed E-state index contributed by atoms with van der Waals surface area (Å²) in [7, 11) is -2.31. The summed E-state index contributed by atoms with van der Waals surface area (Å²) in [6, 6.07) is 20.2. The average molecular weight is 423 g/mol. The molecule has 30 heavy (non-hydrogen) atoms. The number of hydrogen-bond donors (Lipinski definition) is 1. The van der Waals surface area contributed by atoms with Gasteiger partial charge in [-0.05, 0) is 48.9 Å². The molecule has 1 N–H and O–H groups in total. The monoisotopic (exact) mass is 422 g/mol. The molecule has 1 aliphatic rings. The molecule has 0 saturated carbocycles. The van der Waals surface area contributed by atoms with E-state index >= 15 is 0 Å². The van der Waals surface area contributed by atoms with Crippen LogP contribution in [0, 0.1) is 6.92 Å². The minimum atomic E-state index is -3.89. The van der Waals surface area contributed by atoms with Crippen LogP contribution in [-0.4, -0.2) is 30.8 Å². The third kappa shape index (κ3) is 3.64. The Morgan fingerprint density at radius 2 is 1.67 bits per heavy atom. The van der Waals surface area contributed by atoms with Crippen molar-refractivity contribution in [2.45, 2.75) is 24.3 Å². The van der Waals surface area contributed by atoms with Gasteiger partial charge in [0.25, 0.3) is 10.0 Å². The lowest BCUT2D eigenvalue weighted by Gasteiger charge is -2.23. The fourth-order valence-electron chi connectivity index (χ4n) is 3.48. The first-order valence-electron chi connectivity index (χ1n) is 9.51. The molecule has 7 heteroatoms. The second-order valence-corrected chi connectivity index (χ2v) is 8.94. The molecule has 0 bridgehead atoms. The van der Waals surface area contributed by atoms with Gasteiger partial charge in [0.05, 0.1) is 23.8 Å². The Bertz CT molecular complexity index is 1190. The van der Waals surface area contributed by atoms with Crippen LogP contribution >= 0.6 is 0 Å². The molecule has 0 aliphatic carbocycles. The number of nitrogens with zero attached hydrogens (tertiary/aromatic N) is 2. The van der Waals surface area contributed by atoms with E-state index in [1.54, 1.807) is 67.8 Å². The second-order valence-electron chi connectivity index (χ2n) is 7.15. The lowest BCUT2D eigenvalue weighted by molar-refractivity contribution is 0.370. The van der Waals surface area contributed by atoms with Crippen molar-refractivity contribution in [2.24, 2.45) is 5.10 Å². The molecule has 0 amide bonds. The van der Waals surface area contributed by atoms with Crippen LogP contribution < -0.4 is 4.74 Å². The number of para-hydroxylation sites is 1. The zero-order valence-electron chi connectivity index (χ0n) is 16.7. The quantitative estimate of drug-likeness (QED) is 0.667. The third-order valence-electron chi connectivity index (χ3n) is 5.15. The summed E-state index contributed by atoms with van der Waals surface area (Å²) in [5.41, 5.74) is 2.81. The lowest BCUT2D eigenvalue weighted by Crippen LogP contribution is -2.27. The number of methoxy groups -OCH3 is 1. The van der Waals surface area contributed by atoms with Gasteiger partial charge in [-0.1, -0.05) is 42.0 Å². The molecule has 3 aromatic carbocycles. The highest BCUT2D eigenvalue weighted by molar-refractivity contribution is 7.89. The van der Waals surface area contributed by atoms with Crippen LogP contribution in [-0.2, 0) is 10.0 Å². The van der Waals surface area contributed by atoms with E-state index in [9.17, 15) is 13.5 Å². The van der Waals surface area contributed by atoms with Crippen molar-refractivity contribution in [3.8, 4) is 11.5 Å². The molecule has 1 aliphatic heterocycles. The van der Waals surface area contributed by atoms with E-state index in [2.05, 4.69) is 5.10 Å². The second kappa shape index (κ2) is 7.84. The predicted octanol–water partition coefficient (Wildman–Crippen LogP) is 4.25. The van der Waals surface area contributed by atoms with Crippen molar-refractivity contribution in [2.75, 3.05) is 7.11 Å². The minimum absolute atomic E-state index is 0.0688. The number of phenols is 1. The molecule has 6 nitrogen and oxygen atoms in total. The van der Waals surface area contributed by atoms with Crippen LogP contribution in [0.1, 0.15) is 29.2 Å². The van der Waals surface area contributed by atoms with Gasteiger partial charge in [0, 0.05) is 12.0 Å². The average Bonchev–Trinajstić information content (AvgIpc) is 3.20. The first-order chi connectivity index (χ1) is 14.4. The highest BCUT2D eigenvalue weighted by Gasteiger charge is 2.38. The molecule has 1 heterocycles. The summed E-state index contributed by atoms with van der Waals surface area (Å²) in [5.74, 6) is 0.755. The van der Waals surface area contributed by atoms with E-state index in [0.29, 0.717) is 23.4 Å². The van der Waals surface area contributed by atoms with E-state index in [1.165, 1.54) is 0 Å². The number of phenolic OH excluding ortho intramolecular Hbond substituents is 1. The molecule has 0 radical (unpaired) electrons. The number of aryl methyl sites for hydroxylation is 1. The number of sulfonamides is 1. The Kier molecular flexibility index (Phi) is 5.22. The SMILES string of the molecule is COc1ccc(C2CC(c3ccccc3O)=NN2S(=O)(=O)c2ccc(C)cc2)cc1. The Hall–Kier alpha value is -3.32. The molecule has 0 spiro atoms. The number of ether oxygens (including phenoxy) is 1. The summed E-state index contributed by atoms with van der Waals surface area (Å²) in [6.45, 7) is 1.90. The van der Waals surface area contributed by atoms with Crippen LogP contribution in [0.25, 0.3) is 0 Å². The van der Waals surface area contributed by atoms with E-state index in [1.807, 2.05) is 19.1 Å². The number of aromatic hydroxyl groups is 1. The van der Waals surface area contributed by atoms with Gasteiger partial charge >= 0.3 is 0 Å². The highest BCUT2D eigenvalue weighted by Crippen LogP contribution is 2.38.